The summed E-state index contributed by atoms with van der Waals surface area (Å²) >= 11 is 0. The molecule has 4 N–H and O–H groups in total. The molecule has 0 fully saturated rings. The molecule has 7 heteroatoms. The molecule has 98 valence electrons. The molecule has 0 spiro atoms. The molecule has 0 bridgehead atoms. The average Bonchev–Trinajstić information content (AvgIpc) is 2.95. The number of H-pyrrole nitrogens is 1. The van der Waals surface area contributed by atoms with Gasteiger partial charge in [-0.3, -0.25) is 0 Å². The molecule has 0 saturated heterocycles. The molecule has 3 aromatic rings. The standard InChI is InChI=1S/C12H15N7/c1-19-7-15-18-11(19)4-5-14-12-16-9-3-2-8(13)6-10(9)17-12/h2-3,6-7H,4-5,13H2,1H3,(H2,14,16,17). The highest BCUT2D eigenvalue weighted by Crippen LogP contribution is 2.16. The Labute approximate surface area is 109 Å². The summed E-state index contributed by atoms with van der Waals surface area (Å²) in [5.74, 6) is 1.68. The molecule has 3 rings (SSSR count). The van der Waals surface area contributed by atoms with Gasteiger partial charge >= 0.3 is 0 Å². The fraction of sp³-hybridized carbons (Fsp3) is 0.250. The number of anilines is 2. The number of hydrogen-bond donors (Lipinski definition) is 3. The molecule has 7 nitrogen and oxygen atoms in total. The van der Waals surface area contributed by atoms with Crippen LogP contribution in [0.3, 0.4) is 0 Å². The summed E-state index contributed by atoms with van der Waals surface area (Å²) in [6.45, 7) is 0.738. The average molecular weight is 257 g/mol. The number of nitrogen functional groups attached to an aromatic ring is 1. The Morgan fingerprint density at radius 3 is 3.11 bits per heavy atom. The Morgan fingerprint density at radius 2 is 2.32 bits per heavy atom. The zero-order chi connectivity index (χ0) is 13.2. The van der Waals surface area contributed by atoms with Crippen LogP contribution in [0.2, 0.25) is 0 Å². The second-order valence-corrected chi connectivity index (χ2v) is 4.40. The first-order chi connectivity index (χ1) is 9.22. The molecular formula is C12H15N7. The van der Waals surface area contributed by atoms with E-state index in [9.17, 15) is 0 Å². The number of nitrogens with zero attached hydrogens (tertiary/aromatic N) is 4. The fourth-order valence-corrected chi connectivity index (χ4v) is 1.94. The van der Waals surface area contributed by atoms with E-state index in [-0.39, 0.29) is 0 Å². The van der Waals surface area contributed by atoms with Crippen LogP contribution >= 0.6 is 0 Å². The largest absolute Gasteiger partial charge is 0.399 e. The molecule has 2 aromatic heterocycles. The Hall–Kier alpha value is -2.57. The van der Waals surface area contributed by atoms with Gasteiger partial charge in [-0.1, -0.05) is 0 Å². The fourth-order valence-electron chi connectivity index (χ4n) is 1.94. The second-order valence-electron chi connectivity index (χ2n) is 4.40. The smallest absolute Gasteiger partial charge is 0.201 e. The predicted octanol–water partition coefficient (Wildman–Crippen LogP) is 0.928. The molecule has 1 aromatic carbocycles. The molecule has 2 heterocycles. The van der Waals surface area contributed by atoms with E-state index in [1.54, 1.807) is 6.33 Å². The molecule has 0 unspecified atom stereocenters. The highest BCUT2D eigenvalue weighted by molar-refractivity contribution is 5.80. The monoisotopic (exact) mass is 257 g/mol. The first-order valence-corrected chi connectivity index (χ1v) is 6.04. The Kier molecular flexibility index (Phi) is 2.79. The number of imidazole rings is 1. The molecule has 0 saturated carbocycles. The van der Waals surface area contributed by atoms with Crippen molar-refractivity contribution in [3.63, 3.8) is 0 Å². The maximum absolute atomic E-state index is 5.73. The second kappa shape index (κ2) is 4.60. The van der Waals surface area contributed by atoms with Crippen molar-refractivity contribution in [2.24, 2.45) is 7.05 Å². The van der Waals surface area contributed by atoms with Gasteiger partial charge in [-0.25, -0.2) is 4.98 Å². The van der Waals surface area contributed by atoms with Gasteiger partial charge in [0.05, 0.1) is 11.0 Å². The van der Waals surface area contributed by atoms with E-state index < -0.39 is 0 Å². The van der Waals surface area contributed by atoms with Crippen LogP contribution in [0.4, 0.5) is 11.6 Å². The van der Waals surface area contributed by atoms with Gasteiger partial charge in [0.25, 0.3) is 0 Å². The number of benzene rings is 1. The van der Waals surface area contributed by atoms with Crippen molar-refractivity contribution in [3.05, 3.63) is 30.4 Å². The number of nitrogens with two attached hydrogens (primary N) is 1. The summed E-state index contributed by atoms with van der Waals surface area (Å²) in [4.78, 5) is 7.62. The van der Waals surface area contributed by atoms with Gasteiger partial charge in [-0.2, -0.15) is 0 Å². The van der Waals surface area contributed by atoms with Crippen LogP contribution in [0.5, 0.6) is 0 Å². The highest BCUT2D eigenvalue weighted by Gasteiger charge is 2.04. The maximum atomic E-state index is 5.73. The molecule has 19 heavy (non-hydrogen) atoms. The lowest BCUT2D eigenvalue weighted by atomic mass is 10.3. The minimum absolute atomic E-state index is 0.724. The van der Waals surface area contributed by atoms with Crippen LogP contribution < -0.4 is 11.1 Å². The molecule has 0 radical (unpaired) electrons. The SMILES string of the molecule is Cn1cnnc1CCNc1nc2ccc(N)cc2[nH]1. The van der Waals surface area contributed by atoms with E-state index in [2.05, 4.69) is 25.5 Å². The molecular weight excluding hydrogens is 242 g/mol. The molecule has 0 aliphatic carbocycles. The lowest BCUT2D eigenvalue weighted by molar-refractivity contribution is 0.786. The summed E-state index contributed by atoms with van der Waals surface area (Å²) in [6, 6.07) is 5.61. The molecule has 0 amide bonds. The summed E-state index contributed by atoms with van der Waals surface area (Å²) in [7, 11) is 1.93. The number of aromatic amines is 1. The number of aryl methyl sites for hydroxylation is 1. The maximum Gasteiger partial charge on any atom is 0.201 e. The topological polar surface area (TPSA) is 97.4 Å². The van der Waals surface area contributed by atoms with E-state index in [4.69, 9.17) is 5.73 Å². The number of aromatic nitrogens is 5. The normalized spacial score (nSPS) is 11.0. The number of fused-ring (bicyclic) bond motifs is 1. The van der Waals surface area contributed by atoms with Crippen LogP contribution in [0.25, 0.3) is 11.0 Å². The van der Waals surface area contributed by atoms with E-state index >= 15 is 0 Å². The molecule has 0 atom stereocenters. The quantitative estimate of drug-likeness (QED) is 0.604. The van der Waals surface area contributed by atoms with Crippen molar-refractivity contribution in [2.45, 2.75) is 6.42 Å². The summed E-state index contributed by atoms with van der Waals surface area (Å²) < 4.78 is 1.90. The summed E-state index contributed by atoms with van der Waals surface area (Å²) in [5.41, 5.74) is 8.28. The Bertz CT molecular complexity index is 697. The van der Waals surface area contributed by atoms with Crippen molar-refractivity contribution < 1.29 is 0 Å². The van der Waals surface area contributed by atoms with Gasteiger partial charge in [0.15, 0.2) is 0 Å². The first kappa shape index (κ1) is 11.5. The lowest BCUT2D eigenvalue weighted by Crippen LogP contribution is -2.09. The number of rotatable bonds is 4. The van der Waals surface area contributed by atoms with E-state index in [0.717, 1.165) is 41.5 Å². The minimum atomic E-state index is 0.724. The molecule has 0 aliphatic heterocycles. The van der Waals surface area contributed by atoms with Crippen LogP contribution in [0.1, 0.15) is 5.82 Å². The van der Waals surface area contributed by atoms with Gasteiger partial charge in [-0.05, 0) is 18.2 Å². The van der Waals surface area contributed by atoms with Gasteiger partial charge in [0, 0.05) is 25.7 Å². The van der Waals surface area contributed by atoms with E-state index in [1.807, 2.05) is 29.8 Å². The summed E-state index contributed by atoms with van der Waals surface area (Å²) in [5, 5.41) is 11.1. The van der Waals surface area contributed by atoms with Crippen molar-refractivity contribution in [1.29, 1.82) is 0 Å². The van der Waals surface area contributed by atoms with Gasteiger partial charge in [0.1, 0.15) is 12.2 Å². The van der Waals surface area contributed by atoms with Crippen molar-refractivity contribution in [2.75, 3.05) is 17.6 Å². The third-order valence-electron chi connectivity index (χ3n) is 2.95. The lowest BCUT2D eigenvalue weighted by Gasteiger charge is -2.01. The van der Waals surface area contributed by atoms with Crippen molar-refractivity contribution >= 4 is 22.7 Å². The van der Waals surface area contributed by atoms with Crippen LogP contribution in [-0.4, -0.2) is 31.3 Å². The van der Waals surface area contributed by atoms with Crippen molar-refractivity contribution in [3.8, 4) is 0 Å². The zero-order valence-electron chi connectivity index (χ0n) is 10.6. The van der Waals surface area contributed by atoms with Crippen LogP contribution in [0.15, 0.2) is 24.5 Å². The zero-order valence-corrected chi connectivity index (χ0v) is 10.6. The number of hydrogen-bond acceptors (Lipinski definition) is 5. The third kappa shape index (κ3) is 2.35. The minimum Gasteiger partial charge on any atom is -0.399 e. The predicted molar refractivity (Wildman–Crippen MR) is 73.7 cm³/mol. The highest BCUT2D eigenvalue weighted by atomic mass is 15.2. The van der Waals surface area contributed by atoms with E-state index in [1.165, 1.54) is 0 Å². The number of nitrogens with one attached hydrogen (secondary N) is 2. The van der Waals surface area contributed by atoms with Crippen LogP contribution in [-0.2, 0) is 13.5 Å². The third-order valence-corrected chi connectivity index (χ3v) is 2.95. The Balaban J connectivity index is 1.67. The van der Waals surface area contributed by atoms with E-state index in [0.29, 0.717) is 0 Å². The van der Waals surface area contributed by atoms with Crippen molar-refractivity contribution in [1.82, 2.24) is 24.7 Å². The van der Waals surface area contributed by atoms with Gasteiger partial charge < -0.3 is 20.6 Å². The summed E-state index contributed by atoms with van der Waals surface area (Å²) in [6.07, 6.45) is 2.48. The van der Waals surface area contributed by atoms with Crippen LogP contribution in [0, 0.1) is 0 Å². The first-order valence-electron chi connectivity index (χ1n) is 6.04. The van der Waals surface area contributed by atoms with Gasteiger partial charge in [-0.15, -0.1) is 10.2 Å². The molecule has 0 aliphatic rings. The Morgan fingerprint density at radius 1 is 1.42 bits per heavy atom. The van der Waals surface area contributed by atoms with Gasteiger partial charge in [0.2, 0.25) is 5.95 Å².